The fourth-order valence-electron chi connectivity index (χ4n) is 3.97. The van der Waals surface area contributed by atoms with Gasteiger partial charge in [0.15, 0.2) is 11.4 Å². The number of Topliss-reactive ketones (excluding diaryl/α,β-unsaturated/α-hetero) is 1. The summed E-state index contributed by atoms with van der Waals surface area (Å²) >= 11 is 0. The number of carbonyl (C=O) groups excluding carboxylic acids is 4. The van der Waals surface area contributed by atoms with Gasteiger partial charge in [0.2, 0.25) is 0 Å². The largest absolute Gasteiger partial charge is 0.458 e. The minimum atomic E-state index is -1.48. The molecule has 2 aliphatic rings. The molecule has 160 valence electrons. The molecule has 1 heterocycles. The van der Waals surface area contributed by atoms with Crippen molar-refractivity contribution in [3.05, 3.63) is 23.8 Å². The lowest BCUT2D eigenvalue weighted by molar-refractivity contribution is -0.172. The Morgan fingerprint density at radius 1 is 1.28 bits per heavy atom. The minimum absolute atomic E-state index is 0.0701. The molecule has 0 spiro atoms. The third-order valence-electron chi connectivity index (χ3n) is 5.79. The van der Waals surface area contributed by atoms with Crippen molar-refractivity contribution in [2.75, 3.05) is 0 Å². The smallest absolute Gasteiger partial charge is 0.334 e. The number of hydrogen-bond donors (Lipinski definition) is 0. The lowest BCUT2D eigenvalue weighted by Crippen LogP contribution is -2.48. The third-order valence-corrected chi connectivity index (χ3v) is 5.79. The Labute approximate surface area is 171 Å². The monoisotopic (exact) mass is 406 g/mol. The molecule has 0 amide bonds. The zero-order chi connectivity index (χ0) is 21.9. The van der Waals surface area contributed by atoms with Gasteiger partial charge in [-0.1, -0.05) is 19.6 Å². The molecule has 2 rings (SSSR count). The quantitative estimate of drug-likeness (QED) is 0.404. The van der Waals surface area contributed by atoms with Crippen LogP contribution in [0.4, 0.5) is 0 Å². The summed E-state index contributed by atoms with van der Waals surface area (Å²) in [6, 6.07) is 0. The number of ketones is 1. The number of rotatable bonds is 3. The summed E-state index contributed by atoms with van der Waals surface area (Å²) in [5, 5.41) is 0. The molecule has 2 fully saturated rings. The Bertz CT molecular complexity index is 750. The summed E-state index contributed by atoms with van der Waals surface area (Å²) in [4.78, 5) is 49.4. The molecule has 1 aliphatic carbocycles. The van der Waals surface area contributed by atoms with Gasteiger partial charge in [-0.15, -0.1) is 0 Å². The topological polar surface area (TPSA) is 96.0 Å². The zero-order valence-electron chi connectivity index (χ0n) is 17.8. The average molecular weight is 406 g/mol. The first-order valence-electron chi connectivity index (χ1n) is 9.95. The van der Waals surface area contributed by atoms with Crippen LogP contribution in [-0.2, 0) is 33.4 Å². The van der Waals surface area contributed by atoms with Crippen LogP contribution < -0.4 is 0 Å². The van der Waals surface area contributed by atoms with E-state index in [0.717, 1.165) is 0 Å². The Kier molecular flexibility index (Phi) is 7.03. The van der Waals surface area contributed by atoms with Gasteiger partial charge in [-0.05, 0) is 39.5 Å². The van der Waals surface area contributed by atoms with E-state index in [2.05, 4.69) is 6.58 Å². The second-order valence-corrected chi connectivity index (χ2v) is 8.24. The molecule has 0 radical (unpaired) electrons. The Morgan fingerprint density at radius 3 is 2.52 bits per heavy atom. The molecular weight excluding hydrogens is 376 g/mol. The first kappa shape index (κ1) is 22.8. The maximum Gasteiger partial charge on any atom is 0.334 e. The van der Waals surface area contributed by atoms with Crippen molar-refractivity contribution in [3.8, 4) is 0 Å². The number of ether oxygens (including phenoxy) is 3. The van der Waals surface area contributed by atoms with E-state index in [9.17, 15) is 19.2 Å². The summed E-state index contributed by atoms with van der Waals surface area (Å²) in [7, 11) is 0. The van der Waals surface area contributed by atoms with Crippen LogP contribution in [0.5, 0.6) is 0 Å². The van der Waals surface area contributed by atoms with Crippen molar-refractivity contribution in [2.45, 2.75) is 78.1 Å². The van der Waals surface area contributed by atoms with E-state index in [1.165, 1.54) is 13.8 Å². The first-order chi connectivity index (χ1) is 13.5. The highest BCUT2D eigenvalue weighted by atomic mass is 16.6. The molecule has 7 nitrogen and oxygen atoms in total. The highest BCUT2D eigenvalue weighted by molar-refractivity contribution is 5.92. The van der Waals surface area contributed by atoms with Crippen LogP contribution >= 0.6 is 0 Å². The molecule has 1 unspecified atom stereocenters. The molecule has 1 saturated carbocycles. The number of esters is 3. The molecule has 0 N–H and O–H groups in total. The maximum atomic E-state index is 12.9. The number of carbonyl (C=O) groups is 4. The van der Waals surface area contributed by atoms with E-state index in [0.29, 0.717) is 18.4 Å². The lowest BCUT2D eigenvalue weighted by atomic mass is 9.77. The van der Waals surface area contributed by atoms with Gasteiger partial charge in [0.25, 0.3) is 0 Å². The van der Waals surface area contributed by atoms with Crippen LogP contribution in [0.15, 0.2) is 23.8 Å². The van der Waals surface area contributed by atoms with Gasteiger partial charge in [-0.25, -0.2) is 9.59 Å². The van der Waals surface area contributed by atoms with Crippen molar-refractivity contribution in [2.24, 2.45) is 11.8 Å². The molecule has 1 saturated heterocycles. The fourth-order valence-corrected chi connectivity index (χ4v) is 3.97. The molecule has 0 bridgehead atoms. The van der Waals surface area contributed by atoms with Crippen molar-refractivity contribution in [3.63, 3.8) is 0 Å². The Morgan fingerprint density at radius 2 is 1.93 bits per heavy atom. The first-order valence-corrected chi connectivity index (χ1v) is 9.95. The molecule has 29 heavy (non-hydrogen) atoms. The van der Waals surface area contributed by atoms with E-state index in [4.69, 9.17) is 14.2 Å². The Balaban J connectivity index is 2.50. The van der Waals surface area contributed by atoms with Gasteiger partial charge in [0, 0.05) is 30.9 Å². The summed E-state index contributed by atoms with van der Waals surface area (Å²) in [6.45, 7) is 11.9. The van der Waals surface area contributed by atoms with Crippen molar-refractivity contribution in [1.82, 2.24) is 0 Å². The van der Waals surface area contributed by atoms with Crippen molar-refractivity contribution < 1.29 is 33.4 Å². The summed E-state index contributed by atoms with van der Waals surface area (Å²) < 4.78 is 16.7. The van der Waals surface area contributed by atoms with Crippen LogP contribution in [0.3, 0.4) is 0 Å². The van der Waals surface area contributed by atoms with Gasteiger partial charge in [-0.2, -0.15) is 0 Å². The van der Waals surface area contributed by atoms with Gasteiger partial charge in [0.05, 0.1) is 5.92 Å². The van der Waals surface area contributed by atoms with Crippen molar-refractivity contribution >= 4 is 23.7 Å². The fraction of sp³-hybridized carbons (Fsp3) is 0.636. The predicted octanol–water partition coefficient (Wildman–Crippen LogP) is 3.06. The van der Waals surface area contributed by atoms with Crippen LogP contribution in [0.2, 0.25) is 0 Å². The number of allylic oxidation sites excluding steroid dienone is 1. The molecule has 7 heteroatoms. The number of fused-ring (bicyclic) bond motifs is 1. The van der Waals surface area contributed by atoms with Crippen LogP contribution in [0, 0.1) is 11.8 Å². The third kappa shape index (κ3) is 5.14. The van der Waals surface area contributed by atoms with E-state index in [-0.39, 0.29) is 30.1 Å². The zero-order valence-corrected chi connectivity index (χ0v) is 17.8. The minimum Gasteiger partial charge on any atom is -0.458 e. The standard InChI is InChI=1S/C22H30O7/c1-7-13(3)20(25)28-17-11-22(6,29-15(5)23)18(24)9-8-12(2)10-16-19(17)14(4)21(26)27-16/h7,12,16-17,19H,4,8-11H2,1-3,5-6H3/b13-7-/t12-,16+,17?,19-,22+/m0/s1. The van der Waals surface area contributed by atoms with E-state index < -0.39 is 41.6 Å². The van der Waals surface area contributed by atoms with E-state index >= 15 is 0 Å². The normalized spacial score (nSPS) is 33.6. The van der Waals surface area contributed by atoms with Gasteiger partial charge < -0.3 is 14.2 Å². The molecule has 0 aromatic carbocycles. The Hall–Kier alpha value is -2.44. The lowest BCUT2D eigenvalue weighted by Gasteiger charge is -2.36. The van der Waals surface area contributed by atoms with E-state index in [1.807, 2.05) is 6.92 Å². The predicted molar refractivity (Wildman–Crippen MR) is 105 cm³/mol. The number of hydrogen-bond acceptors (Lipinski definition) is 7. The van der Waals surface area contributed by atoms with Gasteiger partial charge in [-0.3, -0.25) is 9.59 Å². The van der Waals surface area contributed by atoms with Crippen LogP contribution in [0.1, 0.15) is 60.3 Å². The second-order valence-electron chi connectivity index (χ2n) is 8.24. The molecular formula is C22H30O7. The average Bonchev–Trinajstić information content (AvgIpc) is 2.90. The van der Waals surface area contributed by atoms with Crippen LogP contribution in [0.25, 0.3) is 0 Å². The summed E-state index contributed by atoms with van der Waals surface area (Å²) in [5.41, 5.74) is -0.881. The maximum absolute atomic E-state index is 12.9. The van der Waals surface area contributed by atoms with Crippen molar-refractivity contribution in [1.29, 1.82) is 0 Å². The van der Waals surface area contributed by atoms with Crippen LogP contribution in [-0.4, -0.2) is 41.5 Å². The molecule has 0 aromatic heterocycles. The van der Waals surface area contributed by atoms with E-state index in [1.54, 1.807) is 19.9 Å². The molecule has 0 aromatic rings. The van der Waals surface area contributed by atoms with Gasteiger partial charge >= 0.3 is 17.9 Å². The second kappa shape index (κ2) is 8.93. The molecule has 5 atom stereocenters. The SMILES string of the molecule is C=C1C(=O)O[C@@H]2C[C@@H](C)CCC(=O)[C@](C)(OC(C)=O)CC(OC(=O)/C(C)=C\C)[C@@H]12. The summed E-state index contributed by atoms with van der Waals surface area (Å²) in [5.74, 6) is -2.47. The highest BCUT2D eigenvalue weighted by Crippen LogP contribution is 2.40. The molecule has 1 aliphatic heterocycles. The summed E-state index contributed by atoms with van der Waals surface area (Å²) in [6.07, 6.45) is 1.45. The van der Waals surface area contributed by atoms with Gasteiger partial charge in [0.1, 0.15) is 12.2 Å². The highest BCUT2D eigenvalue weighted by Gasteiger charge is 2.50.